The molecule has 0 radical (unpaired) electrons. The summed E-state index contributed by atoms with van der Waals surface area (Å²) in [5.41, 5.74) is 0.367. The van der Waals surface area contributed by atoms with E-state index in [1.54, 1.807) is 31.0 Å². The van der Waals surface area contributed by atoms with Crippen LogP contribution >= 0.6 is 11.6 Å². The van der Waals surface area contributed by atoms with Crippen molar-refractivity contribution in [2.24, 2.45) is 56.2 Å². The molecular weight excluding hydrogens is 766 g/mol. The molecule has 5 aliphatic carbocycles. The average molecular weight is 839 g/mol. The number of esters is 1. The highest BCUT2D eigenvalue weighted by atomic mass is 35.5. The minimum Gasteiger partial charge on any atom is -0.481 e. The van der Waals surface area contributed by atoms with Gasteiger partial charge in [0.2, 0.25) is 5.91 Å². The number of allylic oxidation sites excluding steroid dienone is 1. The third kappa shape index (κ3) is 7.51. The molecule has 11 heteroatoms. The number of nitrogens with zero attached hydrogens (tertiary/aromatic N) is 3. The second-order valence-electron chi connectivity index (χ2n) is 21.9. The van der Waals surface area contributed by atoms with Crippen molar-refractivity contribution >= 4 is 35.2 Å². The molecule has 10 atom stereocenters. The van der Waals surface area contributed by atoms with Gasteiger partial charge in [0.25, 0.3) is 0 Å². The molecule has 0 saturated heterocycles. The third-order valence-corrected chi connectivity index (χ3v) is 17.5. The Morgan fingerprint density at radius 2 is 1.63 bits per heavy atom. The van der Waals surface area contributed by atoms with Crippen LogP contribution in [-0.4, -0.2) is 88.0 Å². The standard InChI is InChI=1S/C48H72ClN3O7/c1-28(2)40-33(53)23-48(36(54)26-52(38(55)27-51(11)12)29(3)32-15-13-30(49)25-50-32)22-21-46(9)31(41(40)48)14-16-35-45(8)19-18-37(59-39(56)24-43(4,5)42(57)58)44(6,7)34(45)17-20-47(35,46)10/h13,15,25,28-29,31,34-37,54H,14,16-24,26-27H2,1-12H3,(H,57,58)/t29-,31-,34+,35-,36+,37+,45+,46-,47-,48+/m1/s1. The van der Waals surface area contributed by atoms with Gasteiger partial charge in [0, 0.05) is 30.0 Å². The number of carbonyl (C=O) groups is 4. The number of aliphatic hydroxyl groups is 1. The van der Waals surface area contributed by atoms with E-state index in [-0.39, 0.29) is 77.2 Å². The van der Waals surface area contributed by atoms with Gasteiger partial charge in [-0.05, 0) is 144 Å². The summed E-state index contributed by atoms with van der Waals surface area (Å²) < 4.78 is 6.18. The van der Waals surface area contributed by atoms with Crippen molar-refractivity contribution in [3.63, 3.8) is 0 Å². The summed E-state index contributed by atoms with van der Waals surface area (Å²) in [7, 11) is 3.73. The van der Waals surface area contributed by atoms with Gasteiger partial charge < -0.3 is 24.7 Å². The van der Waals surface area contributed by atoms with Crippen LogP contribution in [0.15, 0.2) is 29.5 Å². The van der Waals surface area contributed by atoms with Crippen LogP contribution in [-0.2, 0) is 23.9 Å². The minimum atomic E-state index is -1.19. The van der Waals surface area contributed by atoms with E-state index in [9.17, 15) is 29.4 Å². The molecule has 59 heavy (non-hydrogen) atoms. The van der Waals surface area contributed by atoms with Crippen LogP contribution in [0, 0.1) is 56.2 Å². The maximum atomic E-state index is 14.4. The van der Waals surface area contributed by atoms with Gasteiger partial charge in [-0.15, -0.1) is 0 Å². The van der Waals surface area contributed by atoms with Crippen molar-refractivity contribution in [1.82, 2.24) is 14.8 Å². The normalized spacial score (nSPS) is 35.0. The molecule has 4 fully saturated rings. The van der Waals surface area contributed by atoms with Crippen LogP contribution in [0.1, 0.15) is 145 Å². The van der Waals surface area contributed by atoms with Crippen molar-refractivity contribution in [1.29, 1.82) is 0 Å². The molecule has 0 bridgehead atoms. The molecular formula is C48H72ClN3O7. The number of aromatic nitrogens is 1. The summed E-state index contributed by atoms with van der Waals surface area (Å²) in [6.07, 6.45) is 7.67. The number of rotatable bonds is 12. The molecule has 6 rings (SSSR count). The van der Waals surface area contributed by atoms with Crippen LogP contribution < -0.4 is 0 Å². The molecule has 1 aromatic heterocycles. The van der Waals surface area contributed by atoms with Crippen molar-refractivity contribution in [2.45, 2.75) is 152 Å². The maximum absolute atomic E-state index is 14.4. The lowest BCUT2D eigenvalue weighted by Gasteiger charge is -2.72. The largest absolute Gasteiger partial charge is 0.481 e. The number of fused-ring (bicyclic) bond motifs is 7. The Bertz CT molecular complexity index is 1860. The van der Waals surface area contributed by atoms with Gasteiger partial charge in [0.1, 0.15) is 6.10 Å². The van der Waals surface area contributed by atoms with Gasteiger partial charge in [-0.1, -0.05) is 65.6 Å². The number of halogens is 1. The zero-order chi connectivity index (χ0) is 43.8. The zero-order valence-electron chi connectivity index (χ0n) is 37.9. The first-order valence-corrected chi connectivity index (χ1v) is 22.6. The van der Waals surface area contributed by atoms with Gasteiger partial charge in [-0.2, -0.15) is 0 Å². The molecule has 0 aliphatic heterocycles. The van der Waals surface area contributed by atoms with Crippen LogP contribution in [0.25, 0.3) is 0 Å². The number of ketones is 1. The number of aliphatic hydroxyl groups excluding tert-OH is 1. The molecule has 0 aromatic carbocycles. The second kappa shape index (κ2) is 15.8. The Labute approximate surface area is 358 Å². The highest BCUT2D eigenvalue weighted by Crippen LogP contribution is 2.77. The van der Waals surface area contributed by atoms with E-state index in [4.69, 9.17) is 16.3 Å². The Balaban J connectivity index is 1.31. The number of carbonyl (C=O) groups excluding carboxylic acids is 3. The summed E-state index contributed by atoms with van der Waals surface area (Å²) in [5.74, 6) is -0.546. The highest BCUT2D eigenvalue weighted by molar-refractivity contribution is 6.30. The summed E-state index contributed by atoms with van der Waals surface area (Å²) in [4.78, 5) is 61.5. The summed E-state index contributed by atoms with van der Waals surface area (Å²) >= 11 is 6.19. The Morgan fingerprint density at radius 1 is 0.949 bits per heavy atom. The monoisotopic (exact) mass is 838 g/mol. The molecule has 0 unspecified atom stereocenters. The number of hydrogen-bond donors (Lipinski definition) is 2. The van der Waals surface area contributed by atoms with Gasteiger partial charge in [-0.25, -0.2) is 0 Å². The highest BCUT2D eigenvalue weighted by Gasteiger charge is 2.71. The van der Waals surface area contributed by atoms with Crippen molar-refractivity contribution < 1.29 is 34.1 Å². The number of pyridine rings is 1. The SMILES string of the molecule is CC(C)C1=C2[C@H]3CC[C@@H]4[C@@]5(C)CC[C@H](OC(=O)CC(C)(C)C(=O)O)C(C)(C)[C@@H]5CC[C@@]4(C)[C@]3(C)CC[C@@]2([C@@H](O)CN(C(=O)CN(C)C)[C@H](C)c2ccc(Cl)cn2)CC1=O. The van der Waals surface area contributed by atoms with E-state index in [0.29, 0.717) is 29.0 Å². The van der Waals surface area contributed by atoms with Crippen LogP contribution in [0.4, 0.5) is 0 Å². The summed E-state index contributed by atoms with van der Waals surface area (Å²) in [5, 5.41) is 22.9. The molecule has 1 amide bonds. The number of ether oxygens (including phenoxy) is 1. The Hall–Kier alpha value is -2.82. The topological polar surface area (TPSA) is 137 Å². The minimum absolute atomic E-state index is 0.00165. The van der Waals surface area contributed by atoms with E-state index >= 15 is 0 Å². The van der Waals surface area contributed by atoms with Crippen LogP contribution in [0.2, 0.25) is 5.02 Å². The van der Waals surface area contributed by atoms with Crippen molar-refractivity contribution in [3.05, 3.63) is 40.2 Å². The van der Waals surface area contributed by atoms with Gasteiger partial charge in [0.05, 0.1) is 41.2 Å². The zero-order valence-corrected chi connectivity index (χ0v) is 38.7. The molecule has 5 aliphatic rings. The van der Waals surface area contributed by atoms with Crippen LogP contribution in [0.5, 0.6) is 0 Å². The lowest BCUT2D eigenvalue weighted by atomic mass is 9.33. The first kappa shape index (κ1) is 45.7. The lowest BCUT2D eigenvalue weighted by Crippen LogP contribution is -2.66. The number of aliphatic carboxylic acids is 1. The van der Waals surface area contributed by atoms with Gasteiger partial charge in [-0.3, -0.25) is 24.2 Å². The quantitative estimate of drug-likeness (QED) is 0.198. The lowest BCUT2D eigenvalue weighted by molar-refractivity contribution is -0.235. The molecule has 0 spiro atoms. The second-order valence-corrected chi connectivity index (χ2v) is 22.4. The summed E-state index contributed by atoms with van der Waals surface area (Å²) in [6, 6.07) is 3.19. The molecule has 328 valence electrons. The first-order valence-electron chi connectivity index (χ1n) is 22.2. The number of carboxylic acids is 1. The third-order valence-electron chi connectivity index (χ3n) is 17.3. The van der Waals surface area contributed by atoms with E-state index < -0.39 is 34.9 Å². The van der Waals surface area contributed by atoms with Gasteiger partial charge >= 0.3 is 11.9 Å². The molecule has 1 heterocycles. The predicted octanol–water partition coefficient (Wildman–Crippen LogP) is 8.94. The first-order chi connectivity index (χ1) is 27.3. The average Bonchev–Trinajstić information content (AvgIpc) is 3.44. The van der Waals surface area contributed by atoms with E-state index in [1.807, 2.05) is 32.0 Å². The van der Waals surface area contributed by atoms with E-state index in [0.717, 1.165) is 50.5 Å². The Morgan fingerprint density at radius 3 is 2.22 bits per heavy atom. The fraction of sp³-hybridized carbons (Fsp3) is 0.771. The fourth-order valence-corrected chi connectivity index (χ4v) is 14.0. The van der Waals surface area contributed by atoms with E-state index in [1.165, 1.54) is 5.57 Å². The number of hydrogen-bond acceptors (Lipinski definition) is 8. The fourth-order valence-electron chi connectivity index (χ4n) is 13.9. The summed E-state index contributed by atoms with van der Waals surface area (Å²) in [6.45, 7) is 21.6. The molecule has 2 N–H and O–H groups in total. The van der Waals surface area contributed by atoms with Crippen molar-refractivity contribution in [2.75, 3.05) is 27.2 Å². The molecule has 4 saturated carbocycles. The maximum Gasteiger partial charge on any atom is 0.309 e. The van der Waals surface area contributed by atoms with Gasteiger partial charge in [0.15, 0.2) is 5.78 Å². The predicted molar refractivity (Wildman–Crippen MR) is 229 cm³/mol. The smallest absolute Gasteiger partial charge is 0.309 e. The number of carboxylic acid groups (broad SMARTS) is 1. The number of Topliss-reactive ketones (excluding diaryl/α,β-unsaturated/α-hetero) is 1. The van der Waals surface area contributed by atoms with Crippen LogP contribution in [0.3, 0.4) is 0 Å². The number of amides is 1. The Kier molecular flexibility index (Phi) is 12.3. The number of likely N-dealkylation sites (N-methyl/N-ethyl adjacent to an activating group) is 1. The van der Waals surface area contributed by atoms with Crippen molar-refractivity contribution in [3.8, 4) is 0 Å². The van der Waals surface area contributed by atoms with E-state index in [2.05, 4.69) is 53.5 Å². The molecule has 10 nitrogen and oxygen atoms in total. The molecule has 1 aromatic rings.